The first-order valence-corrected chi connectivity index (χ1v) is 10.7. The van der Waals surface area contributed by atoms with E-state index in [1.54, 1.807) is 12.4 Å². The molecule has 4 aromatic rings. The van der Waals surface area contributed by atoms with Crippen LogP contribution in [0.25, 0.3) is 16.9 Å². The summed E-state index contributed by atoms with van der Waals surface area (Å²) in [5, 5.41) is 20.8. The fourth-order valence-electron chi connectivity index (χ4n) is 4.21. The summed E-state index contributed by atoms with van der Waals surface area (Å²) >= 11 is 0. The third-order valence-electron chi connectivity index (χ3n) is 5.91. The minimum Gasteiger partial charge on any atom is -0.352 e. The van der Waals surface area contributed by atoms with Crippen LogP contribution in [0.2, 0.25) is 0 Å². The molecular weight excluding hydrogens is 416 g/mol. The van der Waals surface area contributed by atoms with Crippen LogP contribution in [0.5, 0.6) is 0 Å². The molecule has 1 unspecified atom stereocenters. The van der Waals surface area contributed by atoms with Crippen LogP contribution < -0.4 is 10.2 Å². The van der Waals surface area contributed by atoms with Gasteiger partial charge in [0.15, 0.2) is 12.1 Å². The summed E-state index contributed by atoms with van der Waals surface area (Å²) in [5.74, 6) is 1.86. The molecular formula is C24H22N8O. The van der Waals surface area contributed by atoms with Crippen LogP contribution >= 0.6 is 0 Å². The lowest BCUT2D eigenvalue weighted by atomic mass is 10.1. The summed E-state index contributed by atoms with van der Waals surface area (Å²) in [6.07, 6.45) is 3.30. The van der Waals surface area contributed by atoms with Crippen molar-refractivity contribution in [2.45, 2.75) is 26.3 Å². The van der Waals surface area contributed by atoms with Gasteiger partial charge >= 0.3 is 0 Å². The number of pyridine rings is 1. The normalized spacial score (nSPS) is 17.8. The van der Waals surface area contributed by atoms with Crippen LogP contribution in [-0.4, -0.2) is 43.6 Å². The number of nitrogens with zero attached hydrogens (tertiary/aromatic N) is 7. The summed E-state index contributed by atoms with van der Waals surface area (Å²) in [5.41, 5.74) is 3.90. The maximum atomic E-state index is 11.7. The quantitative estimate of drug-likeness (QED) is 0.468. The second-order valence-corrected chi connectivity index (χ2v) is 8.27. The molecule has 1 aliphatic heterocycles. The number of rotatable bonds is 5. The Labute approximate surface area is 190 Å². The molecule has 0 radical (unpaired) electrons. The Bertz CT molecular complexity index is 1370. The van der Waals surface area contributed by atoms with E-state index in [0.29, 0.717) is 29.6 Å². The van der Waals surface area contributed by atoms with E-state index in [9.17, 15) is 10.1 Å². The fourth-order valence-corrected chi connectivity index (χ4v) is 4.21. The Morgan fingerprint density at radius 1 is 1.18 bits per heavy atom. The van der Waals surface area contributed by atoms with Crippen LogP contribution in [-0.2, 0) is 0 Å². The first-order chi connectivity index (χ1) is 16.1. The maximum Gasteiger partial charge on any atom is 0.153 e. The zero-order valence-corrected chi connectivity index (χ0v) is 18.3. The van der Waals surface area contributed by atoms with Gasteiger partial charge < -0.3 is 10.2 Å². The van der Waals surface area contributed by atoms with Crippen molar-refractivity contribution in [3.05, 3.63) is 60.0 Å². The van der Waals surface area contributed by atoms with Gasteiger partial charge in [-0.25, -0.2) is 9.97 Å². The van der Waals surface area contributed by atoms with Crippen molar-refractivity contribution in [2.24, 2.45) is 5.92 Å². The van der Waals surface area contributed by atoms with E-state index < -0.39 is 0 Å². The molecule has 1 fully saturated rings. The van der Waals surface area contributed by atoms with E-state index in [1.165, 1.54) is 0 Å². The standard InChI is InChI=1S/C24H22N8O/c1-15-3-7-22(30-29-15)27-19-5-6-21-20(10-19)26-14-32(21)23-8-4-18(13-33)24(28-23)31-12-17(11-25)9-16(31)2/h3-8,10,13-14,16-17H,9,12H2,1-2H3,(H,27,30)/t16-,17?/m0/s1. The monoisotopic (exact) mass is 438 g/mol. The van der Waals surface area contributed by atoms with Gasteiger partial charge in [0, 0.05) is 18.3 Å². The van der Waals surface area contributed by atoms with Crippen molar-refractivity contribution in [1.29, 1.82) is 5.26 Å². The predicted octanol–water partition coefficient (Wildman–Crippen LogP) is 3.81. The zero-order chi connectivity index (χ0) is 22.9. The Kier molecular flexibility index (Phi) is 5.18. The highest BCUT2D eigenvalue weighted by atomic mass is 16.1. The lowest BCUT2D eigenvalue weighted by molar-refractivity contribution is 0.112. The largest absolute Gasteiger partial charge is 0.352 e. The van der Waals surface area contributed by atoms with E-state index >= 15 is 0 Å². The first-order valence-electron chi connectivity index (χ1n) is 10.7. The average Bonchev–Trinajstić information content (AvgIpc) is 3.43. The van der Waals surface area contributed by atoms with Crippen LogP contribution in [0.3, 0.4) is 0 Å². The number of nitriles is 1. The lowest BCUT2D eigenvalue weighted by Crippen LogP contribution is -2.29. The van der Waals surface area contributed by atoms with Crippen LogP contribution in [0.4, 0.5) is 17.3 Å². The number of fused-ring (bicyclic) bond motifs is 1. The van der Waals surface area contributed by atoms with Gasteiger partial charge in [0.05, 0.1) is 34.3 Å². The van der Waals surface area contributed by atoms with Crippen molar-refractivity contribution in [2.75, 3.05) is 16.8 Å². The number of aldehydes is 1. The van der Waals surface area contributed by atoms with Crippen LogP contribution in [0.15, 0.2) is 48.8 Å². The molecule has 9 nitrogen and oxygen atoms in total. The van der Waals surface area contributed by atoms with Crippen molar-refractivity contribution in [3.8, 4) is 11.9 Å². The molecule has 1 saturated heterocycles. The van der Waals surface area contributed by atoms with Crippen molar-refractivity contribution in [3.63, 3.8) is 0 Å². The number of anilines is 3. The van der Waals surface area contributed by atoms with E-state index in [-0.39, 0.29) is 12.0 Å². The molecule has 2 atom stereocenters. The van der Waals surface area contributed by atoms with E-state index in [0.717, 1.165) is 35.1 Å². The molecule has 5 rings (SSSR count). The highest BCUT2D eigenvalue weighted by Crippen LogP contribution is 2.31. The lowest BCUT2D eigenvalue weighted by Gasteiger charge is -2.24. The van der Waals surface area contributed by atoms with Gasteiger partial charge in [-0.05, 0) is 62.7 Å². The zero-order valence-electron chi connectivity index (χ0n) is 18.3. The number of carbonyl (C=O) groups is 1. The number of nitrogens with one attached hydrogen (secondary N) is 1. The van der Waals surface area contributed by atoms with Crippen molar-refractivity contribution < 1.29 is 4.79 Å². The Hall–Kier alpha value is -4.32. The summed E-state index contributed by atoms with van der Waals surface area (Å²) in [6.45, 7) is 4.51. The number of benzene rings is 1. The molecule has 9 heteroatoms. The average molecular weight is 438 g/mol. The molecule has 3 aromatic heterocycles. The Balaban J connectivity index is 1.48. The number of hydrogen-bond acceptors (Lipinski definition) is 8. The molecule has 164 valence electrons. The number of imidazole rings is 1. The van der Waals surface area contributed by atoms with Gasteiger partial charge in [0.1, 0.15) is 18.0 Å². The number of carbonyl (C=O) groups excluding carboxylic acids is 1. The number of aryl methyl sites for hydroxylation is 1. The Morgan fingerprint density at radius 3 is 2.79 bits per heavy atom. The molecule has 1 aromatic carbocycles. The predicted molar refractivity (Wildman–Crippen MR) is 125 cm³/mol. The molecule has 0 saturated carbocycles. The third kappa shape index (κ3) is 3.87. The van der Waals surface area contributed by atoms with Gasteiger partial charge in [-0.3, -0.25) is 9.36 Å². The summed E-state index contributed by atoms with van der Waals surface area (Å²) in [7, 11) is 0. The molecule has 0 amide bonds. The van der Waals surface area contributed by atoms with Crippen molar-refractivity contribution in [1.82, 2.24) is 24.7 Å². The van der Waals surface area contributed by atoms with Gasteiger partial charge in [-0.15, -0.1) is 5.10 Å². The molecule has 0 aliphatic carbocycles. The van der Waals surface area contributed by atoms with Gasteiger partial charge in [-0.2, -0.15) is 10.4 Å². The summed E-state index contributed by atoms with van der Waals surface area (Å²) in [6, 6.07) is 15.7. The topological polar surface area (TPSA) is 113 Å². The fraction of sp³-hybridized carbons (Fsp3) is 0.250. The van der Waals surface area contributed by atoms with Gasteiger partial charge in [0.25, 0.3) is 0 Å². The minimum atomic E-state index is -0.0665. The number of hydrogen-bond donors (Lipinski definition) is 1. The molecule has 1 aliphatic rings. The maximum absolute atomic E-state index is 11.7. The van der Waals surface area contributed by atoms with Crippen LogP contribution in [0, 0.1) is 24.2 Å². The highest BCUT2D eigenvalue weighted by Gasteiger charge is 2.31. The molecule has 0 spiro atoms. The molecule has 1 N–H and O–H groups in total. The molecule has 0 bridgehead atoms. The second kappa shape index (κ2) is 8.31. The smallest absolute Gasteiger partial charge is 0.153 e. The van der Waals surface area contributed by atoms with Crippen molar-refractivity contribution >= 4 is 34.6 Å². The Morgan fingerprint density at radius 2 is 2.06 bits per heavy atom. The minimum absolute atomic E-state index is 0.0665. The first kappa shape index (κ1) is 20.6. The summed E-state index contributed by atoms with van der Waals surface area (Å²) in [4.78, 5) is 23.1. The SMILES string of the molecule is Cc1ccc(Nc2ccc3c(c2)ncn3-c2ccc(C=O)c(N3CC(C#N)C[C@@H]3C)n2)nn1. The number of aromatic nitrogens is 5. The summed E-state index contributed by atoms with van der Waals surface area (Å²) < 4.78 is 1.89. The van der Waals surface area contributed by atoms with E-state index in [4.69, 9.17) is 4.98 Å². The molecule has 33 heavy (non-hydrogen) atoms. The third-order valence-corrected chi connectivity index (χ3v) is 5.91. The van der Waals surface area contributed by atoms with Gasteiger partial charge in [-0.1, -0.05) is 0 Å². The second-order valence-electron chi connectivity index (χ2n) is 8.27. The highest BCUT2D eigenvalue weighted by molar-refractivity contribution is 5.85. The van der Waals surface area contributed by atoms with Gasteiger partial charge in [0.2, 0.25) is 0 Å². The van der Waals surface area contributed by atoms with E-state index in [1.807, 2.05) is 52.8 Å². The molecule has 4 heterocycles. The van der Waals surface area contributed by atoms with Crippen LogP contribution in [0.1, 0.15) is 29.4 Å². The van der Waals surface area contributed by atoms with E-state index in [2.05, 4.69) is 33.5 Å².